The highest BCUT2D eigenvalue weighted by molar-refractivity contribution is 6.32. The number of nitrogens with zero attached hydrogens (tertiary/aromatic N) is 3. The van der Waals surface area contributed by atoms with E-state index >= 15 is 0 Å². The Kier molecular flexibility index (Phi) is 6.53. The lowest BCUT2D eigenvalue weighted by Gasteiger charge is -2.08. The number of rotatable bonds is 7. The molecule has 2 aromatic carbocycles. The van der Waals surface area contributed by atoms with Crippen molar-refractivity contribution in [2.24, 2.45) is 0 Å². The molecule has 0 N–H and O–H groups in total. The summed E-state index contributed by atoms with van der Waals surface area (Å²) in [6.45, 7) is 4.47. The summed E-state index contributed by atoms with van der Waals surface area (Å²) in [6, 6.07) is 16.8. The highest BCUT2D eigenvalue weighted by atomic mass is 35.5. The standard InChI is InChI=1S/C22H20ClN3O3/c1-15-3-5-18(6-4-15)14-26-21(23)20(16(2)25-26)22(27)29-12-11-28-19-9-7-17(13-24)8-10-19/h3-10H,11-12,14H2,1-2H3. The second kappa shape index (κ2) is 9.26. The van der Waals surface area contributed by atoms with Gasteiger partial charge in [0, 0.05) is 0 Å². The maximum atomic E-state index is 12.4. The second-order valence-electron chi connectivity index (χ2n) is 6.52. The van der Waals surface area contributed by atoms with Crippen molar-refractivity contribution >= 4 is 17.6 Å². The van der Waals surface area contributed by atoms with E-state index in [9.17, 15) is 4.79 Å². The molecule has 0 saturated carbocycles. The zero-order valence-electron chi connectivity index (χ0n) is 16.2. The van der Waals surface area contributed by atoms with E-state index in [1.807, 2.05) is 37.3 Å². The fourth-order valence-corrected chi connectivity index (χ4v) is 3.06. The molecule has 1 heterocycles. The lowest BCUT2D eigenvalue weighted by Crippen LogP contribution is -2.13. The highest BCUT2D eigenvalue weighted by Gasteiger charge is 2.21. The number of halogens is 1. The minimum atomic E-state index is -0.536. The van der Waals surface area contributed by atoms with Crippen molar-refractivity contribution in [1.29, 1.82) is 5.26 Å². The number of ether oxygens (including phenoxy) is 2. The quantitative estimate of drug-likeness (QED) is 0.429. The first-order valence-electron chi connectivity index (χ1n) is 9.06. The third-order valence-electron chi connectivity index (χ3n) is 4.29. The minimum Gasteiger partial charge on any atom is -0.490 e. The zero-order chi connectivity index (χ0) is 20.8. The average Bonchev–Trinajstić information content (AvgIpc) is 3.00. The molecule has 0 fully saturated rings. The Bertz CT molecular complexity index is 1030. The van der Waals surface area contributed by atoms with Gasteiger partial charge in [0.1, 0.15) is 29.7 Å². The van der Waals surface area contributed by atoms with Crippen molar-refractivity contribution in [3.63, 3.8) is 0 Å². The van der Waals surface area contributed by atoms with E-state index in [0.29, 0.717) is 23.6 Å². The molecule has 0 spiro atoms. The van der Waals surface area contributed by atoms with E-state index in [2.05, 4.69) is 5.10 Å². The molecule has 3 aromatic rings. The van der Waals surface area contributed by atoms with Crippen LogP contribution >= 0.6 is 11.6 Å². The summed E-state index contributed by atoms with van der Waals surface area (Å²) in [6.07, 6.45) is 0. The Morgan fingerprint density at radius 2 is 1.79 bits per heavy atom. The van der Waals surface area contributed by atoms with Gasteiger partial charge in [-0.25, -0.2) is 9.48 Å². The topological polar surface area (TPSA) is 77.1 Å². The Hall–Kier alpha value is -3.30. The summed E-state index contributed by atoms with van der Waals surface area (Å²) >= 11 is 6.38. The first-order valence-corrected chi connectivity index (χ1v) is 9.44. The van der Waals surface area contributed by atoms with E-state index in [4.69, 9.17) is 26.3 Å². The molecule has 3 rings (SSSR count). The van der Waals surface area contributed by atoms with Gasteiger partial charge in [-0.2, -0.15) is 10.4 Å². The predicted octanol–water partition coefficient (Wildman–Crippen LogP) is 4.31. The summed E-state index contributed by atoms with van der Waals surface area (Å²) in [5.41, 5.74) is 3.54. The van der Waals surface area contributed by atoms with Crippen LogP contribution in [0.2, 0.25) is 5.15 Å². The van der Waals surface area contributed by atoms with Gasteiger partial charge in [0.05, 0.1) is 23.9 Å². The van der Waals surface area contributed by atoms with Crippen LogP contribution in [0.25, 0.3) is 0 Å². The molecule has 0 radical (unpaired) electrons. The summed E-state index contributed by atoms with van der Waals surface area (Å²) in [7, 11) is 0. The van der Waals surface area contributed by atoms with Gasteiger partial charge in [0.15, 0.2) is 0 Å². The Morgan fingerprint density at radius 3 is 2.45 bits per heavy atom. The Labute approximate surface area is 174 Å². The first kappa shape index (κ1) is 20.4. The van der Waals surface area contributed by atoms with E-state index in [1.54, 1.807) is 35.9 Å². The van der Waals surface area contributed by atoms with E-state index < -0.39 is 5.97 Å². The summed E-state index contributed by atoms with van der Waals surface area (Å²) in [5.74, 6) is 0.0614. The molecular weight excluding hydrogens is 390 g/mol. The first-order chi connectivity index (χ1) is 14.0. The fourth-order valence-electron chi connectivity index (χ4n) is 2.75. The maximum Gasteiger partial charge on any atom is 0.343 e. The van der Waals surface area contributed by atoms with Crippen molar-refractivity contribution in [2.75, 3.05) is 13.2 Å². The third-order valence-corrected chi connectivity index (χ3v) is 4.68. The smallest absolute Gasteiger partial charge is 0.343 e. The molecule has 0 aliphatic heterocycles. The maximum absolute atomic E-state index is 12.4. The van der Waals surface area contributed by atoms with Crippen molar-refractivity contribution in [2.45, 2.75) is 20.4 Å². The summed E-state index contributed by atoms with van der Waals surface area (Å²) in [4.78, 5) is 12.4. The lowest BCUT2D eigenvalue weighted by atomic mass is 10.1. The molecule has 0 aliphatic rings. The van der Waals surface area contributed by atoms with Crippen LogP contribution in [0.1, 0.15) is 32.7 Å². The van der Waals surface area contributed by atoms with Gasteiger partial charge < -0.3 is 9.47 Å². The highest BCUT2D eigenvalue weighted by Crippen LogP contribution is 2.22. The van der Waals surface area contributed by atoms with Gasteiger partial charge in [0.2, 0.25) is 0 Å². The number of esters is 1. The summed E-state index contributed by atoms with van der Waals surface area (Å²) < 4.78 is 12.4. The van der Waals surface area contributed by atoms with E-state index in [0.717, 1.165) is 5.56 Å². The number of hydrogen-bond donors (Lipinski definition) is 0. The average molecular weight is 410 g/mol. The molecule has 0 saturated heterocycles. The van der Waals surface area contributed by atoms with Gasteiger partial charge >= 0.3 is 5.97 Å². The molecule has 0 bridgehead atoms. The lowest BCUT2D eigenvalue weighted by molar-refractivity contribution is 0.0449. The van der Waals surface area contributed by atoms with E-state index in [1.165, 1.54) is 5.56 Å². The molecule has 0 atom stereocenters. The van der Waals surface area contributed by atoms with Gasteiger partial charge in [0.25, 0.3) is 0 Å². The molecule has 148 valence electrons. The molecule has 29 heavy (non-hydrogen) atoms. The SMILES string of the molecule is Cc1ccc(Cn2nc(C)c(C(=O)OCCOc3ccc(C#N)cc3)c2Cl)cc1. The monoisotopic (exact) mass is 409 g/mol. The van der Waals surface area contributed by atoms with Gasteiger partial charge in [-0.3, -0.25) is 0 Å². The van der Waals surface area contributed by atoms with Crippen LogP contribution in [-0.4, -0.2) is 29.0 Å². The number of aryl methyl sites for hydroxylation is 2. The molecule has 0 amide bonds. The molecule has 7 heteroatoms. The van der Waals surface area contributed by atoms with Crippen LogP contribution in [-0.2, 0) is 11.3 Å². The van der Waals surface area contributed by atoms with Gasteiger partial charge in [-0.15, -0.1) is 0 Å². The summed E-state index contributed by atoms with van der Waals surface area (Å²) in [5, 5.41) is 13.4. The zero-order valence-corrected chi connectivity index (χ0v) is 16.9. The number of carbonyl (C=O) groups is 1. The number of nitriles is 1. The van der Waals surface area contributed by atoms with Crippen molar-refractivity contribution in [1.82, 2.24) is 9.78 Å². The van der Waals surface area contributed by atoms with Gasteiger partial charge in [-0.1, -0.05) is 41.4 Å². The van der Waals surface area contributed by atoms with E-state index in [-0.39, 0.29) is 23.9 Å². The Morgan fingerprint density at radius 1 is 1.10 bits per heavy atom. The van der Waals surface area contributed by atoms with Crippen LogP contribution < -0.4 is 4.74 Å². The van der Waals surface area contributed by atoms with Crippen molar-refractivity contribution in [3.05, 3.63) is 81.6 Å². The number of hydrogen-bond acceptors (Lipinski definition) is 5. The minimum absolute atomic E-state index is 0.0672. The predicted molar refractivity (Wildman–Crippen MR) is 109 cm³/mol. The fraction of sp³-hybridized carbons (Fsp3) is 0.227. The molecule has 0 aliphatic carbocycles. The van der Waals surface area contributed by atoms with Crippen LogP contribution in [0.3, 0.4) is 0 Å². The molecule has 1 aromatic heterocycles. The van der Waals surface area contributed by atoms with Crippen molar-refractivity contribution < 1.29 is 14.3 Å². The van der Waals surface area contributed by atoms with Crippen LogP contribution in [0, 0.1) is 25.2 Å². The second-order valence-corrected chi connectivity index (χ2v) is 6.87. The molecule has 6 nitrogen and oxygen atoms in total. The number of benzene rings is 2. The van der Waals surface area contributed by atoms with Crippen LogP contribution in [0.5, 0.6) is 5.75 Å². The number of carbonyl (C=O) groups excluding carboxylic acids is 1. The van der Waals surface area contributed by atoms with Crippen molar-refractivity contribution in [3.8, 4) is 11.8 Å². The third kappa shape index (κ3) is 5.15. The van der Waals surface area contributed by atoms with Crippen LogP contribution in [0.15, 0.2) is 48.5 Å². The Balaban J connectivity index is 1.56. The molecule has 0 unspecified atom stereocenters. The molecular formula is C22H20ClN3O3. The van der Waals surface area contributed by atoms with Crippen LogP contribution in [0.4, 0.5) is 0 Å². The van der Waals surface area contributed by atoms with Gasteiger partial charge in [-0.05, 0) is 43.7 Å². The number of aromatic nitrogens is 2. The largest absolute Gasteiger partial charge is 0.490 e. The normalized spacial score (nSPS) is 10.4.